The van der Waals surface area contributed by atoms with Crippen molar-refractivity contribution >= 4 is 11.8 Å². The summed E-state index contributed by atoms with van der Waals surface area (Å²) in [7, 11) is 1.87. The van der Waals surface area contributed by atoms with Gasteiger partial charge in [0.05, 0.1) is 0 Å². The first-order chi connectivity index (χ1) is 6.70. The number of rotatable bonds is 6. The molecule has 0 bridgehead atoms. The topological polar surface area (TPSA) is 43.6 Å². The fourth-order valence-electron chi connectivity index (χ4n) is 1.16. The van der Waals surface area contributed by atoms with E-state index < -0.39 is 0 Å². The van der Waals surface area contributed by atoms with Crippen molar-refractivity contribution in [2.45, 2.75) is 38.3 Å². The zero-order valence-corrected chi connectivity index (χ0v) is 9.92. The average Bonchev–Trinajstić information content (AvgIpc) is 2.51. The summed E-state index contributed by atoms with van der Waals surface area (Å²) in [6.07, 6.45) is 3.86. The fourth-order valence-corrected chi connectivity index (χ4v) is 2.01. The first-order valence-electron chi connectivity index (χ1n) is 5.05. The highest BCUT2D eigenvalue weighted by Gasteiger charge is 2.01. The highest BCUT2D eigenvalue weighted by Crippen LogP contribution is 2.16. The summed E-state index contributed by atoms with van der Waals surface area (Å²) in [6.45, 7) is 4.53. The van der Waals surface area contributed by atoms with Gasteiger partial charge in [0.15, 0.2) is 0 Å². The maximum Gasteiger partial charge on any atom is 0.209 e. The molecular weight excluding hydrogens is 196 g/mol. The second-order valence-electron chi connectivity index (χ2n) is 3.82. The molecule has 14 heavy (non-hydrogen) atoms. The van der Waals surface area contributed by atoms with E-state index in [1.54, 1.807) is 16.4 Å². The van der Waals surface area contributed by atoms with E-state index in [1.165, 1.54) is 19.3 Å². The Morgan fingerprint density at radius 2 is 2.14 bits per heavy atom. The average molecular weight is 214 g/mol. The van der Waals surface area contributed by atoms with E-state index in [-0.39, 0.29) is 0 Å². The molecule has 5 heteroatoms. The molecule has 0 aliphatic carbocycles. The Morgan fingerprint density at radius 1 is 1.36 bits per heavy atom. The molecule has 0 atom stereocenters. The molecule has 0 unspecified atom stereocenters. The molecule has 4 nitrogen and oxygen atoms in total. The Bertz CT molecular complexity index is 259. The van der Waals surface area contributed by atoms with Crippen molar-refractivity contribution < 1.29 is 0 Å². The highest BCUT2D eigenvalue weighted by atomic mass is 32.2. The molecule has 0 N–H and O–H groups in total. The van der Waals surface area contributed by atoms with E-state index in [0.29, 0.717) is 0 Å². The van der Waals surface area contributed by atoms with Gasteiger partial charge >= 0.3 is 0 Å². The maximum atomic E-state index is 3.91. The van der Waals surface area contributed by atoms with Gasteiger partial charge in [-0.3, -0.25) is 0 Å². The van der Waals surface area contributed by atoms with Gasteiger partial charge in [-0.2, -0.15) is 0 Å². The Kier molecular flexibility index (Phi) is 4.93. The summed E-state index contributed by atoms with van der Waals surface area (Å²) in [4.78, 5) is 0. The molecule has 0 amide bonds. The van der Waals surface area contributed by atoms with E-state index in [4.69, 9.17) is 0 Å². The molecule has 0 aromatic carbocycles. The van der Waals surface area contributed by atoms with Crippen LogP contribution in [-0.2, 0) is 7.05 Å². The van der Waals surface area contributed by atoms with Crippen LogP contribution in [0.3, 0.4) is 0 Å². The van der Waals surface area contributed by atoms with Crippen molar-refractivity contribution in [3.05, 3.63) is 0 Å². The van der Waals surface area contributed by atoms with E-state index in [2.05, 4.69) is 29.4 Å². The summed E-state index contributed by atoms with van der Waals surface area (Å²) in [5.74, 6) is 1.93. The van der Waals surface area contributed by atoms with Gasteiger partial charge in [-0.1, -0.05) is 38.5 Å². The van der Waals surface area contributed by atoms with Crippen molar-refractivity contribution in [1.29, 1.82) is 0 Å². The Morgan fingerprint density at radius 3 is 2.71 bits per heavy atom. The van der Waals surface area contributed by atoms with Gasteiger partial charge in [-0.05, 0) is 22.8 Å². The van der Waals surface area contributed by atoms with Crippen LogP contribution >= 0.6 is 11.8 Å². The molecule has 1 aromatic rings. The molecule has 1 heterocycles. The number of hydrogen-bond acceptors (Lipinski definition) is 4. The molecule has 1 rings (SSSR count). The van der Waals surface area contributed by atoms with Crippen molar-refractivity contribution in [2.24, 2.45) is 13.0 Å². The van der Waals surface area contributed by atoms with Gasteiger partial charge in [-0.15, -0.1) is 5.10 Å². The SMILES string of the molecule is CC(C)CCCCSc1nnnn1C. The molecule has 0 saturated heterocycles. The van der Waals surface area contributed by atoms with E-state index in [0.717, 1.165) is 16.8 Å². The predicted octanol–water partition coefficient (Wildman–Crippen LogP) is 2.13. The summed E-state index contributed by atoms with van der Waals surface area (Å²) in [6, 6.07) is 0. The second-order valence-corrected chi connectivity index (χ2v) is 4.89. The smallest absolute Gasteiger partial charge is 0.209 e. The van der Waals surface area contributed by atoms with Gasteiger partial charge in [0.25, 0.3) is 0 Å². The molecule has 1 aromatic heterocycles. The first-order valence-corrected chi connectivity index (χ1v) is 6.04. The lowest BCUT2D eigenvalue weighted by Crippen LogP contribution is -1.94. The number of aromatic nitrogens is 4. The minimum atomic E-state index is 0.816. The third kappa shape index (κ3) is 4.09. The van der Waals surface area contributed by atoms with Crippen LogP contribution in [0.2, 0.25) is 0 Å². The quantitative estimate of drug-likeness (QED) is 0.537. The van der Waals surface area contributed by atoms with E-state index >= 15 is 0 Å². The fraction of sp³-hybridized carbons (Fsp3) is 0.889. The predicted molar refractivity (Wildman–Crippen MR) is 58.2 cm³/mol. The summed E-state index contributed by atoms with van der Waals surface area (Å²) in [5, 5.41) is 12.2. The minimum absolute atomic E-state index is 0.816. The highest BCUT2D eigenvalue weighted by molar-refractivity contribution is 7.99. The third-order valence-electron chi connectivity index (χ3n) is 1.99. The van der Waals surface area contributed by atoms with Crippen LogP contribution in [0.15, 0.2) is 5.16 Å². The van der Waals surface area contributed by atoms with Crippen molar-refractivity contribution in [3.63, 3.8) is 0 Å². The zero-order valence-electron chi connectivity index (χ0n) is 9.10. The number of unbranched alkanes of at least 4 members (excludes halogenated alkanes) is 1. The molecule has 80 valence electrons. The Labute approximate surface area is 89.5 Å². The number of tetrazole rings is 1. The van der Waals surface area contributed by atoms with Crippen molar-refractivity contribution in [1.82, 2.24) is 20.2 Å². The number of thioether (sulfide) groups is 1. The second kappa shape index (κ2) is 6.01. The van der Waals surface area contributed by atoms with Gasteiger partial charge in [0.1, 0.15) is 0 Å². The summed E-state index contributed by atoms with van der Waals surface area (Å²) in [5.41, 5.74) is 0. The standard InChI is InChI=1S/C9H18N4S/c1-8(2)6-4-5-7-14-9-10-11-12-13(9)3/h8H,4-7H2,1-3H3. The minimum Gasteiger partial charge on any atom is -0.224 e. The Balaban J connectivity index is 2.08. The monoisotopic (exact) mass is 214 g/mol. The van der Waals surface area contributed by atoms with Gasteiger partial charge in [0.2, 0.25) is 5.16 Å². The van der Waals surface area contributed by atoms with Crippen LogP contribution in [0.5, 0.6) is 0 Å². The van der Waals surface area contributed by atoms with Gasteiger partial charge < -0.3 is 0 Å². The lowest BCUT2D eigenvalue weighted by Gasteiger charge is -2.03. The molecule has 0 aliphatic heterocycles. The van der Waals surface area contributed by atoms with Gasteiger partial charge in [-0.25, -0.2) is 4.68 Å². The van der Waals surface area contributed by atoms with Gasteiger partial charge in [0, 0.05) is 12.8 Å². The molecule has 0 saturated carbocycles. The van der Waals surface area contributed by atoms with Crippen LogP contribution in [0.1, 0.15) is 33.1 Å². The molecule has 0 fully saturated rings. The number of aryl methyl sites for hydroxylation is 1. The van der Waals surface area contributed by atoms with Crippen LogP contribution in [0.25, 0.3) is 0 Å². The van der Waals surface area contributed by atoms with E-state index in [9.17, 15) is 0 Å². The largest absolute Gasteiger partial charge is 0.224 e. The molecule has 0 spiro atoms. The molecular formula is C9H18N4S. The summed E-state index contributed by atoms with van der Waals surface area (Å²) >= 11 is 1.73. The zero-order chi connectivity index (χ0) is 10.4. The lowest BCUT2D eigenvalue weighted by molar-refractivity contribution is 0.551. The first kappa shape index (κ1) is 11.5. The molecule has 0 radical (unpaired) electrons. The number of hydrogen-bond donors (Lipinski definition) is 0. The van der Waals surface area contributed by atoms with Crippen LogP contribution in [-0.4, -0.2) is 26.0 Å². The maximum absolute atomic E-state index is 3.91. The van der Waals surface area contributed by atoms with Crippen LogP contribution in [0, 0.1) is 5.92 Å². The van der Waals surface area contributed by atoms with E-state index in [1.807, 2.05) is 7.05 Å². The number of nitrogens with zero attached hydrogens (tertiary/aromatic N) is 4. The Hall–Kier alpha value is -0.580. The lowest BCUT2D eigenvalue weighted by atomic mass is 10.1. The third-order valence-corrected chi connectivity index (χ3v) is 3.09. The molecule has 0 aliphatic rings. The van der Waals surface area contributed by atoms with Crippen LogP contribution < -0.4 is 0 Å². The van der Waals surface area contributed by atoms with Crippen molar-refractivity contribution in [2.75, 3.05) is 5.75 Å². The van der Waals surface area contributed by atoms with Crippen LogP contribution in [0.4, 0.5) is 0 Å². The normalized spacial score (nSPS) is 11.1. The summed E-state index contributed by atoms with van der Waals surface area (Å²) < 4.78 is 1.72. The van der Waals surface area contributed by atoms with Crippen molar-refractivity contribution in [3.8, 4) is 0 Å².